The summed E-state index contributed by atoms with van der Waals surface area (Å²) in [5, 5.41) is 17.9. The second kappa shape index (κ2) is 5.77. The van der Waals surface area contributed by atoms with Gasteiger partial charge >= 0.3 is 21.2 Å². The number of carboxylic acid groups (broad SMARTS) is 1. The van der Waals surface area contributed by atoms with Gasteiger partial charge in [-0.25, -0.2) is 0 Å². The van der Waals surface area contributed by atoms with Crippen molar-refractivity contribution in [2.75, 3.05) is 19.2 Å². The Morgan fingerprint density at radius 2 is 1.44 bits per heavy atom. The summed E-state index contributed by atoms with van der Waals surface area (Å²) in [6.07, 6.45) is -2.39. The molecule has 0 heterocycles. The van der Waals surface area contributed by atoms with E-state index in [4.69, 9.17) is 29.8 Å². The normalized spacial score (nSPS) is 16.6. The molecule has 10 nitrogen and oxygen atoms in total. The molecule has 0 rings (SSSR count). The van der Waals surface area contributed by atoms with Crippen LogP contribution in [0.15, 0.2) is 0 Å². The molecule has 0 unspecified atom stereocenters. The van der Waals surface area contributed by atoms with Crippen LogP contribution < -0.4 is 0 Å². The highest BCUT2D eigenvalue weighted by molar-refractivity contribution is 7.52. The third-order valence-electron chi connectivity index (χ3n) is 2.18. The monoisotopic (exact) mass is 307 g/mol. The highest BCUT2D eigenvalue weighted by Crippen LogP contribution is 2.43. The molecule has 1 atom stereocenters. The van der Waals surface area contributed by atoms with E-state index < -0.39 is 45.9 Å². The molecule has 0 aromatic carbocycles. The molecule has 0 aliphatic heterocycles. The molecule has 0 aromatic heterocycles. The van der Waals surface area contributed by atoms with Crippen LogP contribution >= 0.6 is 15.2 Å². The fourth-order valence-corrected chi connectivity index (χ4v) is 2.98. The van der Waals surface area contributed by atoms with Gasteiger partial charge in [-0.15, -0.1) is 0 Å². The van der Waals surface area contributed by atoms with Gasteiger partial charge in [0.2, 0.25) is 0 Å². The molecule has 0 aliphatic carbocycles. The van der Waals surface area contributed by atoms with Gasteiger partial charge in [0.25, 0.3) is 0 Å². The van der Waals surface area contributed by atoms with E-state index in [1.165, 1.54) is 0 Å². The molecule has 0 amide bonds. The second-order valence-corrected chi connectivity index (χ2v) is 7.11. The Bertz CT molecular complexity index is 376. The number of carbonyl (C=O) groups is 1. The van der Waals surface area contributed by atoms with Crippen molar-refractivity contribution in [1.29, 1.82) is 0 Å². The molecule has 6 N–H and O–H groups in total. The van der Waals surface area contributed by atoms with Crippen molar-refractivity contribution in [3.05, 3.63) is 0 Å². The highest BCUT2D eigenvalue weighted by Gasteiger charge is 2.44. The van der Waals surface area contributed by atoms with Crippen LogP contribution in [0.4, 0.5) is 0 Å². The average Bonchev–Trinajstić information content (AvgIpc) is 2.10. The molecule has 0 aromatic rings. The lowest BCUT2D eigenvalue weighted by molar-refractivity contribution is -0.152. The van der Waals surface area contributed by atoms with E-state index in [1.807, 2.05) is 0 Å². The summed E-state index contributed by atoms with van der Waals surface area (Å²) in [6.45, 7) is -0.164. The molecule has 0 saturated heterocycles. The fraction of sp³-hybridized carbons (Fsp3) is 0.833. The number of rotatable bonds is 7. The van der Waals surface area contributed by atoms with Crippen LogP contribution in [0, 0.1) is 0 Å². The van der Waals surface area contributed by atoms with Crippen molar-refractivity contribution in [1.82, 2.24) is 4.90 Å². The predicted molar refractivity (Wildman–Crippen MR) is 58.8 cm³/mol. The van der Waals surface area contributed by atoms with Gasteiger partial charge in [0.1, 0.15) is 18.1 Å². The Morgan fingerprint density at radius 1 is 1.11 bits per heavy atom. The minimum atomic E-state index is -4.75. The summed E-state index contributed by atoms with van der Waals surface area (Å²) < 4.78 is 21.7. The Balaban J connectivity index is 5.39. The maximum atomic E-state index is 11.0. The Hall–Kier alpha value is -0.310. The largest absolute Gasteiger partial charge is 0.480 e. The van der Waals surface area contributed by atoms with Gasteiger partial charge < -0.3 is 29.8 Å². The summed E-state index contributed by atoms with van der Waals surface area (Å²) in [5.41, 5.74) is -2.21. The Labute approximate surface area is 102 Å². The van der Waals surface area contributed by atoms with E-state index in [2.05, 4.69) is 0 Å². The van der Waals surface area contributed by atoms with Crippen molar-refractivity contribution in [2.24, 2.45) is 0 Å². The van der Waals surface area contributed by atoms with Gasteiger partial charge in [-0.1, -0.05) is 0 Å². The number of aliphatic hydroxyl groups is 1. The number of hydrogen-bond acceptors (Lipinski definition) is 5. The topological polar surface area (TPSA) is 176 Å². The highest BCUT2D eigenvalue weighted by atomic mass is 31.2. The molecule has 0 saturated carbocycles. The zero-order valence-corrected chi connectivity index (χ0v) is 11.2. The van der Waals surface area contributed by atoms with Gasteiger partial charge in [0.05, 0.1) is 6.61 Å². The molecular weight excluding hydrogens is 292 g/mol. The van der Waals surface area contributed by atoms with Crippen LogP contribution in [-0.4, -0.2) is 65.4 Å². The zero-order valence-electron chi connectivity index (χ0n) is 9.37. The van der Waals surface area contributed by atoms with Crippen LogP contribution in [0.25, 0.3) is 0 Å². The van der Waals surface area contributed by atoms with Crippen molar-refractivity contribution in [3.8, 4) is 0 Å². The van der Waals surface area contributed by atoms with Gasteiger partial charge in [-0.3, -0.25) is 18.8 Å². The second-order valence-electron chi connectivity index (χ2n) is 3.89. The minimum Gasteiger partial charge on any atom is -0.480 e. The van der Waals surface area contributed by atoms with Crippen LogP contribution in [0.3, 0.4) is 0 Å². The van der Waals surface area contributed by atoms with E-state index in [0.717, 1.165) is 6.92 Å². The summed E-state index contributed by atoms with van der Waals surface area (Å²) in [6, 6.07) is 0. The lowest BCUT2D eigenvalue weighted by Crippen LogP contribution is -2.55. The van der Waals surface area contributed by atoms with Crippen LogP contribution in [0.1, 0.15) is 6.92 Å². The first-order chi connectivity index (χ1) is 7.82. The summed E-state index contributed by atoms with van der Waals surface area (Å²) in [5.74, 6) is -1.66. The smallest absolute Gasteiger partial charge is 0.339 e. The van der Waals surface area contributed by atoms with E-state index in [9.17, 15) is 13.9 Å². The molecule has 108 valence electrons. The molecular formula is C6H15NO9P2. The van der Waals surface area contributed by atoms with E-state index in [1.54, 1.807) is 0 Å². The standard InChI is InChI=1S/C6H15NO9P2/c1-6(2-8,5(9)10)7(3-17(11,12)13)4-18(14,15)16/h8H,2-4H2,1H3,(H,9,10)(H2,11,12,13)(H2,14,15,16)/t6-/m0/s1. The molecule has 0 fully saturated rings. The summed E-state index contributed by atoms with van der Waals surface area (Å²) in [4.78, 5) is 46.4. The van der Waals surface area contributed by atoms with Crippen LogP contribution in [0.2, 0.25) is 0 Å². The lowest BCUT2D eigenvalue weighted by Gasteiger charge is -2.36. The Kier molecular flexibility index (Phi) is 5.67. The number of nitrogens with zero attached hydrogens (tertiary/aromatic N) is 1. The third-order valence-corrected chi connectivity index (χ3v) is 3.60. The first-order valence-electron chi connectivity index (χ1n) is 4.50. The lowest BCUT2D eigenvalue weighted by atomic mass is 10.0. The number of aliphatic hydroxyl groups excluding tert-OH is 1. The van der Waals surface area contributed by atoms with Gasteiger partial charge in [-0.2, -0.15) is 0 Å². The van der Waals surface area contributed by atoms with Gasteiger partial charge in [-0.05, 0) is 6.92 Å². The van der Waals surface area contributed by atoms with Crippen molar-refractivity contribution >= 4 is 21.2 Å². The molecule has 0 bridgehead atoms. The molecule has 0 aliphatic rings. The van der Waals surface area contributed by atoms with Crippen molar-refractivity contribution < 1.29 is 43.7 Å². The first kappa shape index (κ1) is 17.7. The number of carboxylic acids is 1. The molecule has 0 spiro atoms. The summed E-state index contributed by atoms with van der Waals surface area (Å²) in [7, 11) is -9.50. The molecule has 18 heavy (non-hydrogen) atoms. The summed E-state index contributed by atoms with van der Waals surface area (Å²) >= 11 is 0. The number of aliphatic carboxylic acids is 1. The maximum Gasteiger partial charge on any atom is 0.339 e. The first-order valence-corrected chi connectivity index (χ1v) is 8.10. The van der Waals surface area contributed by atoms with Gasteiger partial charge in [0, 0.05) is 0 Å². The average molecular weight is 307 g/mol. The maximum absolute atomic E-state index is 11.0. The van der Waals surface area contributed by atoms with E-state index in [0.29, 0.717) is 4.90 Å². The molecule has 0 radical (unpaired) electrons. The molecule has 12 heteroatoms. The minimum absolute atomic E-state index is 0.358. The predicted octanol–water partition coefficient (Wildman–Crippen LogP) is -1.61. The van der Waals surface area contributed by atoms with Crippen LogP contribution in [-0.2, 0) is 13.9 Å². The fourth-order valence-electron chi connectivity index (χ4n) is 1.10. The van der Waals surface area contributed by atoms with E-state index in [-0.39, 0.29) is 0 Å². The Morgan fingerprint density at radius 3 is 1.61 bits per heavy atom. The van der Waals surface area contributed by atoms with E-state index >= 15 is 0 Å². The zero-order chi connectivity index (χ0) is 14.8. The van der Waals surface area contributed by atoms with Crippen LogP contribution in [0.5, 0.6) is 0 Å². The quantitative estimate of drug-likeness (QED) is 0.300. The SMILES string of the molecule is C[C@](CO)(C(=O)O)N(CP(=O)(O)O)CP(=O)(O)O. The van der Waals surface area contributed by atoms with Gasteiger partial charge in [0.15, 0.2) is 0 Å². The van der Waals surface area contributed by atoms with Crippen molar-refractivity contribution in [2.45, 2.75) is 12.5 Å². The van der Waals surface area contributed by atoms with Crippen molar-refractivity contribution in [3.63, 3.8) is 0 Å². The third kappa shape index (κ3) is 5.55. The number of hydrogen-bond donors (Lipinski definition) is 6.